The van der Waals surface area contributed by atoms with Gasteiger partial charge in [-0.1, -0.05) is 0 Å². The molecule has 3 aromatic rings. The van der Waals surface area contributed by atoms with Crippen molar-refractivity contribution in [3.8, 4) is 17.5 Å². The van der Waals surface area contributed by atoms with Gasteiger partial charge in [0.25, 0.3) is 0 Å². The van der Waals surface area contributed by atoms with Gasteiger partial charge in [-0.25, -0.2) is 4.79 Å². The zero-order valence-corrected chi connectivity index (χ0v) is 17.6. The smallest absolute Gasteiger partial charge is 0.349 e. The summed E-state index contributed by atoms with van der Waals surface area (Å²) >= 11 is 0. The Balaban J connectivity index is 1.79. The van der Waals surface area contributed by atoms with Crippen molar-refractivity contribution in [2.45, 2.75) is 20.8 Å². The lowest BCUT2D eigenvalue weighted by Crippen LogP contribution is -2.15. The molecule has 3 rings (SSSR count). The number of nitrogens with zero attached hydrogens (tertiary/aromatic N) is 2. The Labute approximate surface area is 180 Å². The standard InChI is InChI=1S/C24H23N3O4/c1-4-30-21-9-7-20(8-10-21)27-16(2)12-18(17(27)3)13-19(14-25)24(29)31-15-23(28)22-6-5-11-26-22/h5-13,26H,4,15H2,1-3H3/b19-13+. The first-order valence-corrected chi connectivity index (χ1v) is 9.82. The third kappa shape index (κ3) is 4.93. The Bertz CT molecular complexity index is 1150. The molecule has 0 spiro atoms. The van der Waals surface area contributed by atoms with Crippen molar-refractivity contribution in [2.75, 3.05) is 13.2 Å². The summed E-state index contributed by atoms with van der Waals surface area (Å²) in [6, 6.07) is 14.7. The van der Waals surface area contributed by atoms with E-state index in [1.54, 1.807) is 18.3 Å². The van der Waals surface area contributed by atoms with Gasteiger partial charge < -0.3 is 19.0 Å². The van der Waals surface area contributed by atoms with Crippen LogP contribution in [0.4, 0.5) is 0 Å². The minimum atomic E-state index is -0.840. The van der Waals surface area contributed by atoms with Crippen LogP contribution in [0.2, 0.25) is 0 Å². The number of carbonyl (C=O) groups excluding carboxylic acids is 2. The summed E-state index contributed by atoms with van der Waals surface area (Å²) in [7, 11) is 0. The number of carbonyl (C=O) groups is 2. The quantitative estimate of drug-likeness (QED) is 0.257. The number of ether oxygens (including phenoxy) is 2. The summed E-state index contributed by atoms with van der Waals surface area (Å²) in [5.74, 6) is -0.421. The number of H-pyrrole nitrogens is 1. The van der Waals surface area contributed by atoms with Gasteiger partial charge in [-0.3, -0.25) is 4.79 Å². The van der Waals surface area contributed by atoms with Crippen LogP contribution in [0.5, 0.6) is 5.75 Å². The van der Waals surface area contributed by atoms with Gasteiger partial charge in [-0.05, 0) is 74.9 Å². The molecule has 1 N–H and O–H groups in total. The van der Waals surface area contributed by atoms with Gasteiger partial charge in [0.2, 0.25) is 5.78 Å². The number of esters is 1. The predicted molar refractivity (Wildman–Crippen MR) is 116 cm³/mol. The van der Waals surface area contributed by atoms with Gasteiger partial charge in [0, 0.05) is 23.3 Å². The first kappa shape index (κ1) is 21.7. The van der Waals surface area contributed by atoms with E-state index < -0.39 is 12.6 Å². The number of aromatic amines is 1. The number of benzene rings is 1. The molecule has 0 aliphatic carbocycles. The van der Waals surface area contributed by atoms with Crippen molar-refractivity contribution in [1.82, 2.24) is 9.55 Å². The van der Waals surface area contributed by atoms with Crippen LogP contribution in [0, 0.1) is 25.2 Å². The Morgan fingerprint density at radius 3 is 2.55 bits per heavy atom. The lowest BCUT2D eigenvalue weighted by Gasteiger charge is -2.11. The zero-order chi connectivity index (χ0) is 22.4. The molecule has 0 saturated carbocycles. The highest BCUT2D eigenvalue weighted by molar-refractivity contribution is 6.01. The van der Waals surface area contributed by atoms with E-state index in [4.69, 9.17) is 9.47 Å². The highest BCUT2D eigenvalue weighted by Gasteiger charge is 2.17. The van der Waals surface area contributed by atoms with Crippen LogP contribution < -0.4 is 4.74 Å². The summed E-state index contributed by atoms with van der Waals surface area (Å²) in [6.07, 6.45) is 3.09. The highest BCUT2D eigenvalue weighted by Crippen LogP contribution is 2.24. The van der Waals surface area contributed by atoms with Gasteiger partial charge >= 0.3 is 5.97 Å². The van der Waals surface area contributed by atoms with Crippen LogP contribution in [0.1, 0.15) is 34.4 Å². The third-order valence-electron chi connectivity index (χ3n) is 4.75. The van der Waals surface area contributed by atoms with Crippen molar-refractivity contribution < 1.29 is 19.1 Å². The minimum absolute atomic E-state index is 0.175. The summed E-state index contributed by atoms with van der Waals surface area (Å²) in [4.78, 5) is 27.1. The second kappa shape index (κ2) is 9.63. The largest absolute Gasteiger partial charge is 0.494 e. The van der Waals surface area contributed by atoms with Crippen molar-refractivity contribution in [3.05, 3.63) is 76.9 Å². The zero-order valence-electron chi connectivity index (χ0n) is 17.6. The number of nitriles is 1. The minimum Gasteiger partial charge on any atom is -0.494 e. The van der Waals surface area contributed by atoms with Gasteiger partial charge in [0.15, 0.2) is 6.61 Å². The lowest BCUT2D eigenvalue weighted by atomic mass is 10.1. The molecule has 0 radical (unpaired) electrons. The van der Waals surface area contributed by atoms with Crippen LogP contribution in [-0.2, 0) is 9.53 Å². The van der Waals surface area contributed by atoms with Gasteiger partial charge in [0.05, 0.1) is 12.3 Å². The van der Waals surface area contributed by atoms with Crippen LogP contribution >= 0.6 is 0 Å². The number of rotatable bonds is 8. The molecule has 0 atom stereocenters. The van der Waals surface area contributed by atoms with Crippen LogP contribution in [0.3, 0.4) is 0 Å². The van der Waals surface area contributed by atoms with Crippen molar-refractivity contribution in [3.63, 3.8) is 0 Å². The van der Waals surface area contributed by atoms with Gasteiger partial charge in [0.1, 0.15) is 17.4 Å². The molecule has 7 heteroatoms. The number of ketones is 1. The average Bonchev–Trinajstić information content (AvgIpc) is 3.39. The fraction of sp³-hybridized carbons (Fsp3) is 0.208. The second-order valence-corrected chi connectivity index (χ2v) is 6.84. The molecule has 1 aromatic carbocycles. The van der Waals surface area contributed by atoms with Crippen molar-refractivity contribution in [2.24, 2.45) is 0 Å². The van der Waals surface area contributed by atoms with E-state index in [2.05, 4.69) is 4.98 Å². The summed E-state index contributed by atoms with van der Waals surface area (Å²) in [5, 5.41) is 9.44. The lowest BCUT2D eigenvalue weighted by molar-refractivity contribution is -0.137. The van der Waals surface area contributed by atoms with E-state index in [0.29, 0.717) is 12.3 Å². The molecular weight excluding hydrogens is 394 g/mol. The monoisotopic (exact) mass is 417 g/mol. The summed E-state index contributed by atoms with van der Waals surface area (Å²) in [6.45, 7) is 5.94. The van der Waals surface area contributed by atoms with Crippen LogP contribution in [0.15, 0.2) is 54.2 Å². The van der Waals surface area contributed by atoms with Crippen LogP contribution in [0.25, 0.3) is 11.8 Å². The number of nitrogens with one attached hydrogen (secondary N) is 1. The maximum atomic E-state index is 12.3. The van der Waals surface area contributed by atoms with E-state index in [-0.39, 0.29) is 11.4 Å². The Kier molecular flexibility index (Phi) is 6.73. The second-order valence-electron chi connectivity index (χ2n) is 6.84. The van der Waals surface area contributed by atoms with E-state index in [0.717, 1.165) is 28.4 Å². The van der Waals surface area contributed by atoms with Crippen molar-refractivity contribution >= 4 is 17.8 Å². The molecule has 0 bridgehead atoms. The number of hydrogen-bond donors (Lipinski definition) is 1. The first-order chi connectivity index (χ1) is 14.9. The first-order valence-electron chi connectivity index (χ1n) is 9.82. The molecule has 0 aliphatic rings. The SMILES string of the molecule is CCOc1ccc(-n2c(C)cc(/C=C(\C#N)C(=O)OCC(=O)c3ccc[nH]3)c2C)cc1. The molecule has 0 amide bonds. The van der Waals surface area contributed by atoms with Gasteiger partial charge in [-0.15, -0.1) is 0 Å². The van der Waals surface area contributed by atoms with E-state index in [1.165, 1.54) is 6.08 Å². The topological polar surface area (TPSA) is 97.1 Å². The molecule has 2 heterocycles. The van der Waals surface area contributed by atoms with Gasteiger partial charge in [-0.2, -0.15) is 5.26 Å². The molecule has 158 valence electrons. The number of aryl methyl sites for hydroxylation is 1. The van der Waals surface area contributed by atoms with E-state index >= 15 is 0 Å². The van der Waals surface area contributed by atoms with Crippen molar-refractivity contribution in [1.29, 1.82) is 5.26 Å². The van der Waals surface area contributed by atoms with E-state index in [9.17, 15) is 14.9 Å². The normalized spacial score (nSPS) is 11.1. The van der Waals surface area contributed by atoms with E-state index in [1.807, 2.05) is 61.7 Å². The Morgan fingerprint density at radius 2 is 1.94 bits per heavy atom. The predicted octanol–water partition coefficient (Wildman–Crippen LogP) is 4.15. The summed E-state index contributed by atoms with van der Waals surface area (Å²) < 4.78 is 12.5. The fourth-order valence-electron chi connectivity index (χ4n) is 3.27. The Morgan fingerprint density at radius 1 is 1.19 bits per heavy atom. The average molecular weight is 417 g/mol. The molecule has 0 saturated heterocycles. The van der Waals surface area contributed by atoms with Crippen LogP contribution in [-0.4, -0.2) is 34.5 Å². The molecular formula is C24H23N3O4. The number of aromatic nitrogens is 2. The molecule has 31 heavy (non-hydrogen) atoms. The maximum Gasteiger partial charge on any atom is 0.349 e. The Hall–Kier alpha value is -4.05. The molecule has 2 aromatic heterocycles. The number of Topliss-reactive ketones (excluding diaryl/α,β-unsaturated/α-hetero) is 1. The highest BCUT2D eigenvalue weighted by atomic mass is 16.5. The number of hydrogen-bond acceptors (Lipinski definition) is 5. The molecule has 7 nitrogen and oxygen atoms in total. The maximum absolute atomic E-state index is 12.3. The summed E-state index contributed by atoms with van der Waals surface area (Å²) in [5.41, 5.74) is 3.64. The molecule has 0 unspecified atom stereocenters. The third-order valence-corrected chi connectivity index (χ3v) is 4.75. The fourth-order valence-corrected chi connectivity index (χ4v) is 3.27. The molecule has 0 aliphatic heterocycles. The molecule has 0 fully saturated rings.